The number of carbonyl (C=O) groups is 2. The van der Waals surface area contributed by atoms with Gasteiger partial charge in [0.2, 0.25) is 0 Å². The van der Waals surface area contributed by atoms with Gasteiger partial charge in [0.15, 0.2) is 6.10 Å². The van der Waals surface area contributed by atoms with Gasteiger partial charge in [0.05, 0.1) is 18.8 Å². The van der Waals surface area contributed by atoms with Crippen LogP contribution in [0.15, 0.2) is 54.6 Å². The molecule has 6 nitrogen and oxygen atoms in total. The van der Waals surface area contributed by atoms with E-state index >= 15 is 0 Å². The van der Waals surface area contributed by atoms with Crippen LogP contribution in [0.4, 0.5) is 5.69 Å². The molecule has 2 aliphatic rings. The number of anilines is 1. The highest BCUT2D eigenvalue weighted by Crippen LogP contribution is 2.34. The average Bonchev–Trinajstić information content (AvgIpc) is 2.83. The van der Waals surface area contributed by atoms with Crippen molar-refractivity contribution in [1.29, 1.82) is 0 Å². The Hall–Kier alpha value is -3.28. The molecular formula is C25H28N2O4. The largest absolute Gasteiger partial charge is 0.494 e. The van der Waals surface area contributed by atoms with E-state index < -0.39 is 6.10 Å². The van der Waals surface area contributed by atoms with Crippen LogP contribution in [0, 0.1) is 0 Å². The predicted octanol–water partition coefficient (Wildman–Crippen LogP) is 3.91. The molecule has 4 rings (SSSR count). The molecule has 1 fully saturated rings. The number of benzene rings is 2. The predicted molar refractivity (Wildman–Crippen MR) is 120 cm³/mol. The highest BCUT2D eigenvalue weighted by atomic mass is 16.5. The number of piperidine rings is 1. The first-order chi connectivity index (χ1) is 15.2. The molecule has 1 saturated heterocycles. The van der Waals surface area contributed by atoms with Crippen LogP contribution >= 0.6 is 0 Å². The first kappa shape index (κ1) is 21.0. The minimum atomic E-state index is -0.684. The van der Waals surface area contributed by atoms with E-state index in [1.165, 1.54) is 0 Å². The monoisotopic (exact) mass is 420 g/mol. The third-order valence-corrected chi connectivity index (χ3v) is 5.59. The van der Waals surface area contributed by atoms with Crippen LogP contribution in [0.1, 0.15) is 31.7 Å². The van der Waals surface area contributed by atoms with Gasteiger partial charge in [0, 0.05) is 19.2 Å². The standard InChI is InChI=1S/C25H28N2O4/c1-2-30-20-13-10-19(11-14-20)12-15-24(28)27-18-23(25(29)26-16-6-3-7-17-26)31-22-9-5-4-8-21(22)27/h4-5,8-15,23H,2-3,6-7,16-18H2,1H3/b15-12+/t23-/m0/s1. The Morgan fingerprint density at radius 2 is 1.81 bits per heavy atom. The Bertz CT molecular complexity index is 948. The molecule has 2 aliphatic heterocycles. The summed E-state index contributed by atoms with van der Waals surface area (Å²) in [6, 6.07) is 14.9. The maximum Gasteiger partial charge on any atom is 0.265 e. The Labute approximate surface area is 183 Å². The molecule has 0 aliphatic carbocycles. The molecular weight excluding hydrogens is 392 g/mol. The molecule has 0 unspecified atom stereocenters. The van der Waals surface area contributed by atoms with Crippen LogP contribution in [0.3, 0.4) is 0 Å². The van der Waals surface area contributed by atoms with Gasteiger partial charge >= 0.3 is 0 Å². The molecule has 0 bridgehead atoms. The smallest absolute Gasteiger partial charge is 0.265 e. The number of para-hydroxylation sites is 2. The van der Waals surface area contributed by atoms with E-state index in [0.29, 0.717) is 18.0 Å². The van der Waals surface area contributed by atoms with Gasteiger partial charge in [0.25, 0.3) is 11.8 Å². The lowest BCUT2D eigenvalue weighted by atomic mass is 10.1. The van der Waals surface area contributed by atoms with Crippen molar-refractivity contribution in [3.05, 3.63) is 60.2 Å². The number of amides is 2. The van der Waals surface area contributed by atoms with Gasteiger partial charge in [-0.3, -0.25) is 9.59 Å². The number of likely N-dealkylation sites (tertiary alicyclic amines) is 1. The fraction of sp³-hybridized carbons (Fsp3) is 0.360. The summed E-state index contributed by atoms with van der Waals surface area (Å²) in [4.78, 5) is 29.6. The van der Waals surface area contributed by atoms with Gasteiger partial charge in [-0.15, -0.1) is 0 Å². The Morgan fingerprint density at radius 3 is 2.55 bits per heavy atom. The number of ether oxygens (including phenoxy) is 2. The second kappa shape index (κ2) is 9.69. The van der Waals surface area contributed by atoms with Gasteiger partial charge in [-0.25, -0.2) is 0 Å². The summed E-state index contributed by atoms with van der Waals surface area (Å²) in [6.45, 7) is 4.27. The number of carbonyl (C=O) groups excluding carboxylic acids is 2. The molecule has 0 N–H and O–H groups in total. The van der Waals surface area contributed by atoms with Crippen LogP contribution in [0.2, 0.25) is 0 Å². The molecule has 162 valence electrons. The van der Waals surface area contributed by atoms with Gasteiger partial charge in [-0.1, -0.05) is 24.3 Å². The zero-order chi connectivity index (χ0) is 21.6. The van der Waals surface area contributed by atoms with Crippen molar-refractivity contribution in [2.75, 3.05) is 31.1 Å². The van der Waals surface area contributed by atoms with Crippen LogP contribution in [-0.2, 0) is 9.59 Å². The van der Waals surface area contributed by atoms with Gasteiger partial charge in [-0.2, -0.15) is 0 Å². The normalized spacial score (nSPS) is 18.4. The highest BCUT2D eigenvalue weighted by molar-refractivity contribution is 6.05. The molecule has 2 amide bonds. The lowest BCUT2D eigenvalue weighted by Gasteiger charge is -2.37. The maximum atomic E-state index is 13.1. The van der Waals surface area contributed by atoms with Crippen molar-refractivity contribution in [1.82, 2.24) is 4.90 Å². The molecule has 1 atom stereocenters. The van der Waals surface area contributed by atoms with E-state index in [1.807, 2.05) is 54.3 Å². The zero-order valence-corrected chi connectivity index (χ0v) is 17.8. The van der Waals surface area contributed by atoms with Crippen LogP contribution in [-0.4, -0.2) is 49.1 Å². The molecule has 0 spiro atoms. The van der Waals surface area contributed by atoms with Gasteiger partial charge in [-0.05, 0) is 62.1 Å². The minimum Gasteiger partial charge on any atom is -0.494 e. The topological polar surface area (TPSA) is 59.1 Å². The third kappa shape index (κ3) is 4.90. The zero-order valence-electron chi connectivity index (χ0n) is 17.8. The first-order valence-corrected chi connectivity index (χ1v) is 10.9. The SMILES string of the molecule is CCOc1ccc(/C=C/C(=O)N2C[C@@H](C(=O)N3CCCCC3)Oc3ccccc32)cc1. The van der Waals surface area contributed by atoms with Gasteiger partial charge < -0.3 is 19.3 Å². The Balaban J connectivity index is 1.51. The lowest BCUT2D eigenvalue weighted by Crippen LogP contribution is -2.52. The second-order valence-electron chi connectivity index (χ2n) is 7.74. The Kier molecular flexibility index (Phi) is 6.55. The van der Waals surface area contributed by atoms with E-state index in [2.05, 4.69) is 0 Å². The molecule has 2 heterocycles. The van der Waals surface area contributed by atoms with Crippen molar-refractivity contribution in [2.24, 2.45) is 0 Å². The third-order valence-electron chi connectivity index (χ3n) is 5.59. The van der Waals surface area contributed by atoms with Gasteiger partial charge in [0.1, 0.15) is 11.5 Å². The molecule has 2 aromatic carbocycles. The maximum absolute atomic E-state index is 13.1. The first-order valence-electron chi connectivity index (χ1n) is 10.9. The fourth-order valence-electron chi connectivity index (χ4n) is 3.99. The molecule has 0 saturated carbocycles. The van der Waals surface area contributed by atoms with Crippen molar-refractivity contribution < 1.29 is 19.1 Å². The number of hydrogen-bond donors (Lipinski definition) is 0. The van der Waals surface area contributed by atoms with E-state index in [9.17, 15) is 9.59 Å². The van der Waals surface area contributed by atoms with Crippen LogP contribution in [0.5, 0.6) is 11.5 Å². The number of nitrogens with zero attached hydrogens (tertiary/aromatic N) is 2. The number of hydrogen-bond acceptors (Lipinski definition) is 4. The molecule has 0 radical (unpaired) electrons. The van der Waals surface area contributed by atoms with E-state index in [-0.39, 0.29) is 18.4 Å². The second-order valence-corrected chi connectivity index (χ2v) is 7.74. The highest BCUT2D eigenvalue weighted by Gasteiger charge is 2.35. The molecule has 0 aromatic heterocycles. The fourth-order valence-corrected chi connectivity index (χ4v) is 3.99. The summed E-state index contributed by atoms with van der Waals surface area (Å²) < 4.78 is 11.5. The minimum absolute atomic E-state index is 0.0394. The summed E-state index contributed by atoms with van der Waals surface area (Å²) in [7, 11) is 0. The molecule has 2 aromatic rings. The van der Waals surface area contributed by atoms with Crippen molar-refractivity contribution in [3.8, 4) is 11.5 Å². The van der Waals surface area contributed by atoms with E-state index in [4.69, 9.17) is 9.47 Å². The lowest BCUT2D eigenvalue weighted by molar-refractivity contribution is -0.139. The number of fused-ring (bicyclic) bond motifs is 1. The number of rotatable bonds is 5. The molecule has 31 heavy (non-hydrogen) atoms. The molecule has 6 heteroatoms. The van der Waals surface area contributed by atoms with E-state index in [1.54, 1.807) is 23.1 Å². The van der Waals surface area contributed by atoms with Crippen LogP contribution < -0.4 is 14.4 Å². The average molecular weight is 421 g/mol. The quantitative estimate of drug-likeness (QED) is 0.689. The van der Waals surface area contributed by atoms with Crippen molar-refractivity contribution in [2.45, 2.75) is 32.3 Å². The van der Waals surface area contributed by atoms with E-state index in [0.717, 1.165) is 43.7 Å². The summed E-state index contributed by atoms with van der Waals surface area (Å²) in [5, 5.41) is 0. The van der Waals surface area contributed by atoms with Crippen molar-refractivity contribution in [3.63, 3.8) is 0 Å². The summed E-state index contributed by atoms with van der Waals surface area (Å²) >= 11 is 0. The Morgan fingerprint density at radius 1 is 1.06 bits per heavy atom. The van der Waals surface area contributed by atoms with Crippen molar-refractivity contribution >= 4 is 23.6 Å². The van der Waals surface area contributed by atoms with Crippen LogP contribution in [0.25, 0.3) is 6.08 Å². The summed E-state index contributed by atoms with van der Waals surface area (Å²) in [6.07, 6.45) is 5.82. The summed E-state index contributed by atoms with van der Waals surface area (Å²) in [5.41, 5.74) is 1.59. The summed E-state index contributed by atoms with van der Waals surface area (Å²) in [5.74, 6) is 1.14.